The van der Waals surface area contributed by atoms with Crippen LogP contribution >= 0.6 is 0 Å². The maximum atomic E-state index is 13.4. The zero-order valence-corrected chi connectivity index (χ0v) is 9.97. The summed E-state index contributed by atoms with van der Waals surface area (Å²) in [5.41, 5.74) is 6.17. The number of nitrogen functional groups attached to an aromatic ring is 1. The summed E-state index contributed by atoms with van der Waals surface area (Å²) in [7, 11) is 0. The van der Waals surface area contributed by atoms with Crippen molar-refractivity contribution in [2.45, 2.75) is 6.61 Å². The first-order chi connectivity index (χ1) is 9.09. The molecule has 4 nitrogen and oxygen atoms in total. The molecule has 0 fully saturated rings. The highest BCUT2D eigenvalue weighted by molar-refractivity contribution is 5.93. The lowest BCUT2D eigenvalue weighted by atomic mass is 10.1. The molecule has 0 saturated heterocycles. The average Bonchev–Trinajstić information content (AvgIpc) is 2.38. The molecule has 0 amide bonds. The number of rotatable bonds is 4. The van der Waals surface area contributed by atoms with Gasteiger partial charge in [0.1, 0.15) is 18.0 Å². The molecule has 0 aliphatic rings. The number of hydrogen-bond acceptors (Lipinski definition) is 3. The molecule has 0 unspecified atom stereocenters. The Morgan fingerprint density at radius 2 is 1.95 bits per heavy atom. The third-order valence-corrected chi connectivity index (χ3v) is 2.61. The summed E-state index contributed by atoms with van der Waals surface area (Å²) in [6.07, 6.45) is 0. The predicted octanol–water partition coefficient (Wildman–Crippen LogP) is 2.69. The van der Waals surface area contributed by atoms with Crippen LogP contribution in [0.4, 0.5) is 10.1 Å². The molecular formula is C14H12FNO3. The molecular weight excluding hydrogens is 249 g/mol. The number of anilines is 1. The van der Waals surface area contributed by atoms with Crippen LogP contribution < -0.4 is 10.5 Å². The summed E-state index contributed by atoms with van der Waals surface area (Å²) >= 11 is 0. The van der Waals surface area contributed by atoms with Crippen molar-refractivity contribution in [2.24, 2.45) is 0 Å². The van der Waals surface area contributed by atoms with Gasteiger partial charge in [-0.25, -0.2) is 9.18 Å². The Labute approximate surface area is 109 Å². The number of carboxylic acid groups (broad SMARTS) is 1. The minimum Gasteiger partial charge on any atom is -0.486 e. The first-order valence-electron chi connectivity index (χ1n) is 5.57. The zero-order valence-electron chi connectivity index (χ0n) is 9.97. The smallest absolute Gasteiger partial charge is 0.339 e. The fraction of sp³-hybridized carbons (Fsp3) is 0.0714. The normalized spacial score (nSPS) is 10.2. The van der Waals surface area contributed by atoms with Crippen LogP contribution in [-0.2, 0) is 6.61 Å². The molecule has 0 aromatic heterocycles. The molecule has 0 bridgehead atoms. The Morgan fingerprint density at radius 3 is 2.63 bits per heavy atom. The van der Waals surface area contributed by atoms with Crippen molar-refractivity contribution >= 4 is 11.7 Å². The lowest BCUT2D eigenvalue weighted by molar-refractivity contribution is 0.0692. The van der Waals surface area contributed by atoms with Crippen LogP contribution in [-0.4, -0.2) is 11.1 Å². The van der Waals surface area contributed by atoms with E-state index in [4.69, 9.17) is 15.6 Å². The number of nitrogens with two attached hydrogens (primary N) is 1. The molecule has 3 N–H and O–H groups in total. The van der Waals surface area contributed by atoms with E-state index < -0.39 is 11.8 Å². The van der Waals surface area contributed by atoms with Crippen LogP contribution in [0.2, 0.25) is 0 Å². The molecule has 2 rings (SSSR count). The second-order valence-corrected chi connectivity index (χ2v) is 3.91. The molecule has 5 heteroatoms. The largest absolute Gasteiger partial charge is 0.486 e. The predicted molar refractivity (Wildman–Crippen MR) is 68.5 cm³/mol. The van der Waals surface area contributed by atoms with E-state index in [1.165, 1.54) is 24.3 Å². The summed E-state index contributed by atoms with van der Waals surface area (Å²) in [4.78, 5) is 11.0. The topological polar surface area (TPSA) is 72.6 Å². The summed E-state index contributed by atoms with van der Waals surface area (Å²) in [6.45, 7) is -0.0822. The van der Waals surface area contributed by atoms with Gasteiger partial charge < -0.3 is 15.6 Å². The van der Waals surface area contributed by atoms with E-state index in [1.807, 2.05) is 0 Å². The second kappa shape index (κ2) is 5.39. The van der Waals surface area contributed by atoms with Crippen molar-refractivity contribution in [1.29, 1.82) is 0 Å². The van der Waals surface area contributed by atoms with Crippen molar-refractivity contribution in [1.82, 2.24) is 0 Å². The molecule has 0 radical (unpaired) electrons. The zero-order chi connectivity index (χ0) is 13.8. The van der Waals surface area contributed by atoms with E-state index >= 15 is 0 Å². The molecule has 0 aliphatic carbocycles. The molecule has 0 spiro atoms. The van der Waals surface area contributed by atoms with Gasteiger partial charge in [0, 0.05) is 5.56 Å². The maximum Gasteiger partial charge on any atom is 0.339 e. The SMILES string of the molecule is Nc1cccc(C(=O)O)c1OCc1ccccc1F. The van der Waals surface area contributed by atoms with Gasteiger partial charge in [-0.3, -0.25) is 0 Å². The molecule has 19 heavy (non-hydrogen) atoms. The van der Waals surface area contributed by atoms with E-state index in [1.54, 1.807) is 18.2 Å². The fourth-order valence-corrected chi connectivity index (χ4v) is 1.65. The van der Waals surface area contributed by atoms with Crippen molar-refractivity contribution < 1.29 is 19.0 Å². The molecule has 0 atom stereocenters. The van der Waals surface area contributed by atoms with E-state index in [-0.39, 0.29) is 23.6 Å². The summed E-state index contributed by atoms with van der Waals surface area (Å²) in [5, 5.41) is 9.03. The molecule has 0 saturated carbocycles. The highest BCUT2D eigenvalue weighted by atomic mass is 19.1. The van der Waals surface area contributed by atoms with Gasteiger partial charge in [-0.05, 0) is 18.2 Å². The highest BCUT2D eigenvalue weighted by Gasteiger charge is 2.14. The molecule has 0 heterocycles. The Hall–Kier alpha value is -2.56. The average molecular weight is 261 g/mol. The first-order valence-corrected chi connectivity index (χ1v) is 5.57. The second-order valence-electron chi connectivity index (χ2n) is 3.91. The number of ether oxygens (including phenoxy) is 1. The van der Waals surface area contributed by atoms with Gasteiger partial charge in [0.25, 0.3) is 0 Å². The number of carbonyl (C=O) groups is 1. The van der Waals surface area contributed by atoms with Crippen LogP contribution in [0, 0.1) is 5.82 Å². The van der Waals surface area contributed by atoms with Gasteiger partial charge in [-0.15, -0.1) is 0 Å². The van der Waals surface area contributed by atoms with Crippen LogP contribution in [0.15, 0.2) is 42.5 Å². The highest BCUT2D eigenvalue weighted by Crippen LogP contribution is 2.27. The van der Waals surface area contributed by atoms with Crippen LogP contribution in [0.3, 0.4) is 0 Å². The van der Waals surface area contributed by atoms with E-state index in [0.717, 1.165) is 0 Å². The van der Waals surface area contributed by atoms with Crippen LogP contribution in [0.25, 0.3) is 0 Å². The van der Waals surface area contributed by atoms with Gasteiger partial charge in [0.2, 0.25) is 0 Å². The van der Waals surface area contributed by atoms with Crippen LogP contribution in [0.5, 0.6) is 5.75 Å². The molecule has 98 valence electrons. The first kappa shape index (κ1) is 12.9. The lowest BCUT2D eigenvalue weighted by Gasteiger charge is -2.12. The van der Waals surface area contributed by atoms with E-state index in [9.17, 15) is 9.18 Å². The Bertz CT molecular complexity index is 613. The summed E-state index contributed by atoms with van der Waals surface area (Å²) in [6, 6.07) is 10.6. The van der Waals surface area contributed by atoms with E-state index in [0.29, 0.717) is 5.56 Å². The van der Waals surface area contributed by atoms with Crippen LogP contribution in [0.1, 0.15) is 15.9 Å². The Kier molecular flexibility index (Phi) is 3.66. The van der Waals surface area contributed by atoms with Gasteiger partial charge in [-0.1, -0.05) is 24.3 Å². The fourth-order valence-electron chi connectivity index (χ4n) is 1.65. The number of aromatic carboxylic acids is 1. The Morgan fingerprint density at radius 1 is 1.21 bits per heavy atom. The molecule has 0 aliphatic heterocycles. The van der Waals surface area contributed by atoms with E-state index in [2.05, 4.69) is 0 Å². The van der Waals surface area contributed by atoms with Gasteiger partial charge >= 0.3 is 5.97 Å². The standard InChI is InChI=1S/C14H12FNO3/c15-11-6-2-1-4-9(11)8-19-13-10(14(17)18)5-3-7-12(13)16/h1-7H,8,16H2,(H,17,18). The number of benzene rings is 2. The molecule has 2 aromatic rings. The number of hydrogen-bond donors (Lipinski definition) is 2. The third-order valence-electron chi connectivity index (χ3n) is 2.61. The maximum absolute atomic E-state index is 13.4. The monoisotopic (exact) mass is 261 g/mol. The van der Waals surface area contributed by atoms with Crippen molar-refractivity contribution in [2.75, 3.05) is 5.73 Å². The molecule has 2 aromatic carbocycles. The van der Waals surface area contributed by atoms with Crippen molar-refractivity contribution in [3.63, 3.8) is 0 Å². The number of carboxylic acids is 1. The minimum atomic E-state index is -1.14. The van der Waals surface area contributed by atoms with Gasteiger partial charge in [0.05, 0.1) is 5.69 Å². The lowest BCUT2D eigenvalue weighted by Crippen LogP contribution is -2.06. The van der Waals surface area contributed by atoms with Crippen molar-refractivity contribution in [3.05, 3.63) is 59.4 Å². The Balaban J connectivity index is 2.25. The quantitative estimate of drug-likeness (QED) is 0.830. The summed E-state index contributed by atoms with van der Waals surface area (Å²) in [5.74, 6) is -1.50. The number of halogens is 1. The summed E-state index contributed by atoms with van der Waals surface area (Å²) < 4.78 is 18.8. The van der Waals surface area contributed by atoms with Crippen molar-refractivity contribution in [3.8, 4) is 5.75 Å². The third kappa shape index (κ3) is 2.82. The number of para-hydroxylation sites is 1. The minimum absolute atomic E-state index is 0.0451. The van der Waals surface area contributed by atoms with Gasteiger partial charge in [-0.2, -0.15) is 0 Å². The van der Waals surface area contributed by atoms with Gasteiger partial charge in [0.15, 0.2) is 5.75 Å².